The average molecular weight is 409 g/mol. The largest absolute Gasteiger partial charge is 0.544 e. The Hall–Kier alpha value is -2.18. The van der Waals surface area contributed by atoms with E-state index in [1.54, 1.807) is 12.1 Å². The summed E-state index contributed by atoms with van der Waals surface area (Å²) < 4.78 is 40.1. The number of halogens is 2. The zero-order valence-corrected chi connectivity index (χ0v) is 16.7. The molecule has 0 atom stereocenters. The number of carbonyl (C=O) groups excluding carboxylic acids is 2. The van der Waals surface area contributed by atoms with Gasteiger partial charge in [-0.2, -0.15) is 8.78 Å². The Kier molecular flexibility index (Phi) is 6.15. The minimum atomic E-state index is -4.25. The van der Waals surface area contributed by atoms with Crippen LogP contribution in [0.5, 0.6) is 5.75 Å². The van der Waals surface area contributed by atoms with Gasteiger partial charge in [-0.05, 0) is 82.1 Å². The van der Waals surface area contributed by atoms with Crippen LogP contribution in [0.1, 0.15) is 81.5 Å². The summed E-state index contributed by atoms with van der Waals surface area (Å²) in [6.45, 7) is 2.08. The number of hydrogen-bond donors (Lipinski definition) is 0. The number of alkyl halides is 2. The molecule has 2 saturated carbocycles. The molecule has 0 unspecified atom stereocenters. The van der Waals surface area contributed by atoms with Crippen LogP contribution in [0.15, 0.2) is 24.3 Å². The number of aliphatic carboxylic acids is 1. The zero-order valence-electron chi connectivity index (χ0n) is 16.7. The Bertz CT molecular complexity index is 732. The SMILES string of the molecule is CCC1(Oc2ccc(C(=O)OC3(C(F)(F)C(=O)[O-])CCCCC3)cc2)CCCC1. The topological polar surface area (TPSA) is 75.7 Å². The molecule has 3 rings (SSSR count). The van der Waals surface area contributed by atoms with Gasteiger partial charge in [0, 0.05) is 0 Å². The molecule has 2 aliphatic carbocycles. The maximum atomic E-state index is 14.4. The van der Waals surface area contributed by atoms with Gasteiger partial charge in [-0.1, -0.05) is 13.3 Å². The molecule has 0 saturated heterocycles. The molecule has 0 heterocycles. The summed E-state index contributed by atoms with van der Waals surface area (Å²) in [5.41, 5.74) is -2.48. The quantitative estimate of drug-likeness (QED) is 0.636. The molecule has 0 amide bonds. The molecule has 0 aliphatic heterocycles. The van der Waals surface area contributed by atoms with Crippen LogP contribution in [-0.4, -0.2) is 29.1 Å². The van der Waals surface area contributed by atoms with Crippen molar-refractivity contribution in [3.63, 3.8) is 0 Å². The Morgan fingerprint density at radius 2 is 1.55 bits per heavy atom. The summed E-state index contributed by atoms with van der Waals surface area (Å²) in [4.78, 5) is 23.6. The van der Waals surface area contributed by atoms with Crippen LogP contribution in [0.3, 0.4) is 0 Å². The summed E-state index contributed by atoms with van der Waals surface area (Å²) in [5, 5.41) is 11.0. The Balaban J connectivity index is 1.74. The normalized spacial score (nSPS) is 20.8. The summed E-state index contributed by atoms with van der Waals surface area (Å²) in [7, 11) is 0. The van der Waals surface area contributed by atoms with Crippen molar-refractivity contribution >= 4 is 11.9 Å². The lowest BCUT2D eigenvalue weighted by atomic mass is 9.79. The minimum Gasteiger partial charge on any atom is -0.544 e. The second-order valence-electron chi connectivity index (χ2n) is 8.18. The van der Waals surface area contributed by atoms with E-state index in [9.17, 15) is 23.5 Å². The first kappa shape index (κ1) is 21.5. The van der Waals surface area contributed by atoms with Crippen LogP contribution in [-0.2, 0) is 9.53 Å². The Labute approximate surface area is 169 Å². The van der Waals surface area contributed by atoms with Crippen molar-refractivity contribution in [2.75, 3.05) is 0 Å². The van der Waals surface area contributed by atoms with E-state index in [-0.39, 0.29) is 24.0 Å². The molecule has 160 valence electrons. The van der Waals surface area contributed by atoms with Crippen LogP contribution in [0, 0.1) is 0 Å². The van der Waals surface area contributed by atoms with E-state index >= 15 is 0 Å². The number of carboxylic acids is 1. The Morgan fingerprint density at radius 3 is 2.07 bits per heavy atom. The standard InChI is InChI=1S/C22H28F2O5/c1-2-20(12-6-7-13-20)28-17-10-8-16(9-11-17)18(25)29-21(14-4-3-5-15-21)22(23,24)19(26)27/h8-11H,2-7,12-15H2,1H3,(H,26,27)/p-1. The van der Waals surface area contributed by atoms with Crippen LogP contribution < -0.4 is 9.84 Å². The van der Waals surface area contributed by atoms with Gasteiger partial charge in [-0.25, -0.2) is 4.79 Å². The number of carbonyl (C=O) groups is 2. The van der Waals surface area contributed by atoms with Gasteiger partial charge in [0.15, 0.2) is 5.60 Å². The first-order chi connectivity index (χ1) is 13.7. The maximum absolute atomic E-state index is 14.4. The lowest BCUT2D eigenvalue weighted by Crippen LogP contribution is -2.61. The molecule has 2 fully saturated rings. The van der Waals surface area contributed by atoms with Crippen molar-refractivity contribution in [3.8, 4) is 5.75 Å². The van der Waals surface area contributed by atoms with Gasteiger partial charge >= 0.3 is 11.9 Å². The highest BCUT2D eigenvalue weighted by Crippen LogP contribution is 2.44. The summed E-state index contributed by atoms with van der Waals surface area (Å²) in [6.07, 6.45) is 6.08. The van der Waals surface area contributed by atoms with Gasteiger partial charge in [-0.3, -0.25) is 0 Å². The first-order valence-electron chi connectivity index (χ1n) is 10.4. The number of hydrogen-bond acceptors (Lipinski definition) is 5. The molecule has 0 radical (unpaired) electrons. The van der Waals surface area contributed by atoms with Crippen molar-refractivity contribution in [2.24, 2.45) is 0 Å². The highest BCUT2D eigenvalue weighted by molar-refractivity contribution is 5.90. The lowest BCUT2D eigenvalue weighted by molar-refractivity contribution is -0.345. The molecule has 7 heteroatoms. The fourth-order valence-electron chi connectivity index (χ4n) is 4.48. The smallest absolute Gasteiger partial charge is 0.338 e. The van der Waals surface area contributed by atoms with Crippen LogP contribution >= 0.6 is 0 Å². The second kappa shape index (κ2) is 8.28. The first-order valence-corrected chi connectivity index (χ1v) is 10.4. The van der Waals surface area contributed by atoms with E-state index in [1.807, 2.05) is 0 Å². The molecule has 5 nitrogen and oxygen atoms in total. The molecule has 0 N–H and O–H groups in total. The van der Waals surface area contributed by atoms with Crippen LogP contribution in [0.25, 0.3) is 0 Å². The van der Waals surface area contributed by atoms with Crippen molar-refractivity contribution < 1.29 is 33.0 Å². The fraction of sp³-hybridized carbons (Fsp3) is 0.636. The van der Waals surface area contributed by atoms with Crippen LogP contribution in [0.2, 0.25) is 0 Å². The fourth-order valence-corrected chi connectivity index (χ4v) is 4.48. The third kappa shape index (κ3) is 4.23. The van der Waals surface area contributed by atoms with Gasteiger partial charge in [0.2, 0.25) is 0 Å². The summed E-state index contributed by atoms with van der Waals surface area (Å²) >= 11 is 0. The third-order valence-corrected chi connectivity index (χ3v) is 6.36. The lowest BCUT2D eigenvalue weighted by Gasteiger charge is -2.42. The predicted molar refractivity (Wildman–Crippen MR) is 99.7 cm³/mol. The number of ether oxygens (including phenoxy) is 2. The van der Waals surface area contributed by atoms with Gasteiger partial charge < -0.3 is 19.4 Å². The van der Waals surface area contributed by atoms with E-state index in [4.69, 9.17) is 9.47 Å². The molecule has 0 bridgehead atoms. The van der Waals surface area contributed by atoms with Gasteiger partial charge in [0.25, 0.3) is 0 Å². The molecule has 0 aromatic heterocycles. The summed E-state index contributed by atoms with van der Waals surface area (Å²) in [5.74, 6) is -7.12. The van der Waals surface area contributed by atoms with E-state index < -0.39 is 23.5 Å². The molecular weight excluding hydrogens is 382 g/mol. The predicted octanol–water partition coefficient (Wildman–Crippen LogP) is 4.03. The van der Waals surface area contributed by atoms with Gasteiger partial charge in [-0.15, -0.1) is 0 Å². The van der Waals surface area contributed by atoms with Crippen molar-refractivity contribution in [3.05, 3.63) is 29.8 Å². The molecule has 0 spiro atoms. The van der Waals surface area contributed by atoms with E-state index in [0.717, 1.165) is 32.1 Å². The molecule has 1 aromatic carbocycles. The van der Waals surface area contributed by atoms with Crippen LogP contribution in [0.4, 0.5) is 8.78 Å². The van der Waals surface area contributed by atoms with Gasteiger partial charge in [0.05, 0.1) is 5.56 Å². The van der Waals surface area contributed by atoms with Crippen molar-refractivity contribution in [1.82, 2.24) is 0 Å². The minimum absolute atomic E-state index is 0.0772. The monoisotopic (exact) mass is 409 g/mol. The maximum Gasteiger partial charge on any atom is 0.338 e. The summed E-state index contributed by atoms with van der Waals surface area (Å²) in [6, 6.07) is 6.17. The number of carboxylic acid groups (broad SMARTS) is 1. The molecule has 2 aliphatic rings. The van der Waals surface area contributed by atoms with E-state index in [0.29, 0.717) is 25.0 Å². The number of rotatable bonds is 7. The number of esters is 1. The Morgan fingerprint density at radius 1 is 1.00 bits per heavy atom. The highest BCUT2D eigenvalue weighted by atomic mass is 19.3. The average Bonchev–Trinajstić information content (AvgIpc) is 3.18. The molecule has 1 aromatic rings. The van der Waals surface area contributed by atoms with Gasteiger partial charge in [0.1, 0.15) is 17.3 Å². The van der Waals surface area contributed by atoms with E-state index in [2.05, 4.69) is 6.92 Å². The highest BCUT2D eigenvalue weighted by Gasteiger charge is 2.58. The second-order valence-corrected chi connectivity index (χ2v) is 8.18. The van der Waals surface area contributed by atoms with E-state index in [1.165, 1.54) is 12.1 Å². The van der Waals surface area contributed by atoms with Crippen molar-refractivity contribution in [1.29, 1.82) is 0 Å². The molecular formula is C22H27F2O5-. The number of benzene rings is 1. The van der Waals surface area contributed by atoms with Crippen molar-refractivity contribution in [2.45, 2.75) is 88.3 Å². The zero-order chi connectivity index (χ0) is 21.1. The third-order valence-electron chi connectivity index (χ3n) is 6.36. The molecule has 29 heavy (non-hydrogen) atoms.